The minimum Gasteiger partial charge on any atom is -0.492 e. The second-order valence-corrected chi connectivity index (χ2v) is 6.63. The van der Waals surface area contributed by atoms with Crippen molar-refractivity contribution in [2.75, 3.05) is 13.2 Å². The zero-order valence-corrected chi connectivity index (χ0v) is 14.0. The molecule has 2 atom stereocenters. The van der Waals surface area contributed by atoms with Crippen LogP contribution in [-0.4, -0.2) is 19.2 Å². The summed E-state index contributed by atoms with van der Waals surface area (Å²) in [5.74, 6) is 1.58. The molecule has 0 bridgehead atoms. The Balaban J connectivity index is 2.78. The lowest BCUT2D eigenvalue weighted by Gasteiger charge is -2.31. The van der Waals surface area contributed by atoms with Gasteiger partial charge in [0.15, 0.2) is 0 Å². The number of hydrogen-bond donors (Lipinski definition) is 1. The fourth-order valence-corrected chi connectivity index (χ4v) is 2.27. The number of para-hydroxylation sites is 1. The highest BCUT2D eigenvalue weighted by atomic mass is 16.5. The summed E-state index contributed by atoms with van der Waals surface area (Å²) in [6.45, 7) is 15.1. The maximum absolute atomic E-state index is 6.14. The second-order valence-electron chi connectivity index (χ2n) is 6.63. The standard InChI is InChI=1S/C18H31NO/c1-7-14(3)15-11-9-10-12-16(15)20-13-17(19-8-2)18(4,5)6/h9-12,14,17,19H,7-8,13H2,1-6H3. The molecule has 0 radical (unpaired) electrons. The smallest absolute Gasteiger partial charge is 0.122 e. The molecule has 2 unspecified atom stereocenters. The SMILES string of the molecule is CCNC(COc1ccccc1C(C)CC)C(C)(C)C. The van der Waals surface area contributed by atoms with Crippen molar-refractivity contribution in [1.82, 2.24) is 5.32 Å². The van der Waals surface area contributed by atoms with Crippen molar-refractivity contribution < 1.29 is 4.74 Å². The highest BCUT2D eigenvalue weighted by molar-refractivity contribution is 5.35. The van der Waals surface area contributed by atoms with Gasteiger partial charge in [0.25, 0.3) is 0 Å². The molecule has 20 heavy (non-hydrogen) atoms. The molecule has 0 fully saturated rings. The number of ether oxygens (including phenoxy) is 1. The molecule has 1 rings (SSSR count). The van der Waals surface area contributed by atoms with Crippen molar-refractivity contribution in [3.8, 4) is 5.75 Å². The van der Waals surface area contributed by atoms with E-state index in [2.05, 4.69) is 71.1 Å². The van der Waals surface area contributed by atoms with E-state index in [-0.39, 0.29) is 5.41 Å². The summed E-state index contributed by atoms with van der Waals surface area (Å²) in [5.41, 5.74) is 1.51. The van der Waals surface area contributed by atoms with Gasteiger partial charge in [-0.25, -0.2) is 0 Å². The van der Waals surface area contributed by atoms with Crippen molar-refractivity contribution >= 4 is 0 Å². The van der Waals surface area contributed by atoms with E-state index in [1.54, 1.807) is 0 Å². The topological polar surface area (TPSA) is 21.3 Å². The Hall–Kier alpha value is -1.02. The number of hydrogen-bond acceptors (Lipinski definition) is 2. The van der Waals surface area contributed by atoms with Crippen LogP contribution in [0.4, 0.5) is 0 Å². The molecule has 0 aliphatic carbocycles. The third-order valence-corrected chi connectivity index (χ3v) is 3.96. The van der Waals surface area contributed by atoms with Crippen LogP contribution in [0.2, 0.25) is 0 Å². The lowest BCUT2D eigenvalue weighted by Crippen LogP contribution is -2.44. The summed E-state index contributed by atoms with van der Waals surface area (Å²) < 4.78 is 6.14. The predicted octanol–water partition coefficient (Wildman–Crippen LogP) is 4.60. The molecule has 0 saturated carbocycles. The number of nitrogens with one attached hydrogen (secondary N) is 1. The number of benzene rings is 1. The van der Waals surface area contributed by atoms with Gasteiger partial charge in [0.2, 0.25) is 0 Å². The first-order valence-corrected chi connectivity index (χ1v) is 7.85. The third-order valence-electron chi connectivity index (χ3n) is 3.96. The van der Waals surface area contributed by atoms with Gasteiger partial charge in [-0.3, -0.25) is 0 Å². The van der Waals surface area contributed by atoms with Gasteiger partial charge >= 0.3 is 0 Å². The molecular weight excluding hydrogens is 246 g/mol. The Morgan fingerprint density at radius 2 is 1.80 bits per heavy atom. The summed E-state index contributed by atoms with van der Waals surface area (Å²) in [4.78, 5) is 0. The average Bonchev–Trinajstić information content (AvgIpc) is 2.41. The van der Waals surface area contributed by atoms with Gasteiger partial charge < -0.3 is 10.1 Å². The molecule has 0 spiro atoms. The fraction of sp³-hybridized carbons (Fsp3) is 0.667. The molecule has 1 aromatic carbocycles. The minimum absolute atomic E-state index is 0.196. The summed E-state index contributed by atoms with van der Waals surface area (Å²) >= 11 is 0. The lowest BCUT2D eigenvalue weighted by atomic mass is 9.87. The van der Waals surface area contributed by atoms with Gasteiger partial charge in [0.05, 0.1) is 0 Å². The Labute approximate surface area is 124 Å². The van der Waals surface area contributed by atoms with Crippen LogP contribution in [0, 0.1) is 5.41 Å². The van der Waals surface area contributed by atoms with E-state index in [4.69, 9.17) is 4.74 Å². The maximum atomic E-state index is 6.14. The van der Waals surface area contributed by atoms with Gasteiger partial charge in [-0.15, -0.1) is 0 Å². The molecule has 1 N–H and O–H groups in total. The summed E-state index contributed by atoms with van der Waals surface area (Å²) in [5, 5.41) is 3.53. The fourth-order valence-electron chi connectivity index (χ4n) is 2.27. The Morgan fingerprint density at radius 1 is 1.15 bits per heavy atom. The Morgan fingerprint density at radius 3 is 2.35 bits per heavy atom. The van der Waals surface area contributed by atoms with Gasteiger partial charge in [-0.1, -0.05) is 59.7 Å². The van der Waals surface area contributed by atoms with Crippen LogP contribution in [0.5, 0.6) is 5.75 Å². The molecule has 2 heteroatoms. The van der Waals surface area contributed by atoms with E-state index in [0.29, 0.717) is 18.6 Å². The normalized spacial score (nSPS) is 14.9. The molecule has 0 saturated heterocycles. The van der Waals surface area contributed by atoms with E-state index in [0.717, 1.165) is 18.7 Å². The van der Waals surface area contributed by atoms with E-state index in [1.165, 1.54) is 5.56 Å². The zero-order chi connectivity index (χ0) is 15.2. The highest BCUT2D eigenvalue weighted by Crippen LogP contribution is 2.29. The van der Waals surface area contributed by atoms with Gasteiger partial charge in [0, 0.05) is 6.04 Å². The highest BCUT2D eigenvalue weighted by Gasteiger charge is 2.24. The van der Waals surface area contributed by atoms with Crippen LogP contribution < -0.4 is 10.1 Å². The van der Waals surface area contributed by atoms with Crippen LogP contribution in [0.3, 0.4) is 0 Å². The van der Waals surface area contributed by atoms with Crippen molar-refractivity contribution in [2.24, 2.45) is 5.41 Å². The van der Waals surface area contributed by atoms with Gasteiger partial charge in [-0.05, 0) is 35.9 Å². The lowest BCUT2D eigenvalue weighted by molar-refractivity contribution is 0.174. The quantitative estimate of drug-likeness (QED) is 0.786. The summed E-state index contributed by atoms with van der Waals surface area (Å²) in [6, 6.07) is 8.79. The van der Waals surface area contributed by atoms with Crippen LogP contribution in [-0.2, 0) is 0 Å². The van der Waals surface area contributed by atoms with Gasteiger partial charge in [0.1, 0.15) is 12.4 Å². The average molecular weight is 277 g/mol. The molecule has 0 aromatic heterocycles. The van der Waals surface area contributed by atoms with E-state index >= 15 is 0 Å². The molecular formula is C18H31NO. The summed E-state index contributed by atoms with van der Waals surface area (Å²) in [6.07, 6.45) is 1.14. The maximum Gasteiger partial charge on any atom is 0.122 e. The molecule has 0 aliphatic heterocycles. The van der Waals surface area contributed by atoms with Crippen molar-refractivity contribution in [3.63, 3.8) is 0 Å². The van der Waals surface area contributed by atoms with E-state index in [1.807, 2.05) is 0 Å². The molecule has 0 amide bonds. The first kappa shape index (κ1) is 17.0. The molecule has 114 valence electrons. The van der Waals surface area contributed by atoms with Crippen molar-refractivity contribution in [2.45, 2.75) is 59.9 Å². The molecule has 0 aliphatic rings. The Kier molecular flexibility index (Phi) is 6.54. The second kappa shape index (κ2) is 7.68. The minimum atomic E-state index is 0.196. The number of likely N-dealkylation sites (N-methyl/N-ethyl adjacent to an activating group) is 1. The first-order chi connectivity index (χ1) is 9.40. The van der Waals surface area contributed by atoms with Crippen molar-refractivity contribution in [1.29, 1.82) is 0 Å². The van der Waals surface area contributed by atoms with E-state index in [9.17, 15) is 0 Å². The molecule has 0 heterocycles. The third kappa shape index (κ3) is 4.82. The van der Waals surface area contributed by atoms with Gasteiger partial charge in [-0.2, -0.15) is 0 Å². The first-order valence-electron chi connectivity index (χ1n) is 7.85. The zero-order valence-electron chi connectivity index (χ0n) is 14.0. The monoisotopic (exact) mass is 277 g/mol. The Bertz CT molecular complexity index is 395. The molecule has 1 aromatic rings. The van der Waals surface area contributed by atoms with Crippen molar-refractivity contribution in [3.05, 3.63) is 29.8 Å². The predicted molar refractivity (Wildman–Crippen MR) is 87.6 cm³/mol. The van der Waals surface area contributed by atoms with E-state index < -0.39 is 0 Å². The molecule has 2 nitrogen and oxygen atoms in total. The van der Waals surface area contributed by atoms with Crippen LogP contribution in [0.25, 0.3) is 0 Å². The van der Waals surface area contributed by atoms with Crippen LogP contribution in [0.15, 0.2) is 24.3 Å². The van der Waals surface area contributed by atoms with Crippen LogP contribution in [0.1, 0.15) is 59.4 Å². The number of rotatable bonds is 7. The summed E-state index contributed by atoms with van der Waals surface area (Å²) in [7, 11) is 0. The largest absolute Gasteiger partial charge is 0.492 e. The van der Waals surface area contributed by atoms with Crippen LogP contribution >= 0.6 is 0 Å².